The molecule has 0 radical (unpaired) electrons. The van der Waals surface area contributed by atoms with Crippen molar-refractivity contribution in [3.8, 4) is 0 Å². The summed E-state index contributed by atoms with van der Waals surface area (Å²) in [6.45, 7) is 3.19. The van der Waals surface area contributed by atoms with Gasteiger partial charge in [0, 0.05) is 25.0 Å². The fraction of sp³-hybridized carbons (Fsp3) is 0.588. The van der Waals surface area contributed by atoms with Gasteiger partial charge in [-0.3, -0.25) is 0 Å². The van der Waals surface area contributed by atoms with E-state index in [0.717, 1.165) is 23.8 Å². The standard InChI is InChI=1S/C17H25N3/c1-2-16(14-8-4-3-5-9-14)18-12-15-13-20-11-7-6-10-17(20)19-15/h6-7,10-11,13-14,16,18H,2-5,8-9,12H2,1H3. The van der Waals surface area contributed by atoms with Crippen molar-refractivity contribution < 1.29 is 0 Å². The number of hydrogen-bond donors (Lipinski definition) is 1. The van der Waals surface area contributed by atoms with Crippen LogP contribution in [-0.4, -0.2) is 15.4 Å². The number of imidazole rings is 1. The smallest absolute Gasteiger partial charge is 0.137 e. The van der Waals surface area contributed by atoms with Crippen LogP contribution in [-0.2, 0) is 6.54 Å². The first-order chi connectivity index (χ1) is 9.86. The van der Waals surface area contributed by atoms with Crippen molar-refractivity contribution in [2.45, 2.75) is 58.0 Å². The summed E-state index contributed by atoms with van der Waals surface area (Å²) in [6, 6.07) is 6.79. The Hall–Kier alpha value is -1.35. The van der Waals surface area contributed by atoms with Gasteiger partial charge < -0.3 is 9.72 Å². The molecule has 1 N–H and O–H groups in total. The molecule has 3 rings (SSSR count). The van der Waals surface area contributed by atoms with Crippen LogP contribution in [0, 0.1) is 5.92 Å². The van der Waals surface area contributed by atoms with E-state index in [-0.39, 0.29) is 0 Å². The zero-order chi connectivity index (χ0) is 13.8. The second-order valence-electron chi connectivity index (χ2n) is 5.99. The Bertz CT molecular complexity index is 507. The molecule has 1 atom stereocenters. The lowest BCUT2D eigenvalue weighted by atomic mass is 9.83. The third-order valence-electron chi connectivity index (χ3n) is 4.62. The fourth-order valence-corrected chi connectivity index (χ4v) is 3.49. The molecule has 2 aromatic rings. The van der Waals surface area contributed by atoms with Crippen molar-refractivity contribution in [1.82, 2.24) is 14.7 Å². The van der Waals surface area contributed by atoms with Crippen LogP contribution in [0.4, 0.5) is 0 Å². The van der Waals surface area contributed by atoms with E-state index in [2.05, 4.69) is 40.1 Å². The van der Waals surface area contributed by atoms with Gasteiger partial charge in [0.1, 0.15) is 5.65 Å². The minimum absolute atomic E-state index is 0.653. The lowest BCUT2D eigenvalue weighted by Gasteiger charge is -2.30. The molecule has 2 aromatic heterocycles. The van der Waals surface area contributed by atoms with Crippen LogP contribution in [0.2, 0.25) is 0 Å². The molecule has 108 valence electrons. The van der Waals surface area contributed by atoms with Crippen molar-refractivity contribution in [3.63, 3.8) is 0 Å². The molecular weight excluding hydrogens is 246 g/mol. The van der Waals surface area contributed by atoms with E-state index >= 15 is 0 Å². The van der Waals surface area contributed by atoms with Crippen molar-refractivity contribution in [3.05, 3.63) is 36.3 Å². The van der Waals surface area contributed by atoms with Crippen LogP contribution in [0.1, 0.15) is 51.1 Å². The zero-order valence-electron chi connectivity index (χ0n) is 12.4. The van der Waals surface area contributed by atoms with Gasteiger partial charge in [-0.05, 0) is 37.3 Å². The van der Waals surface area contributed by atoms with Crippen LogP contribution >= 0.6 is 0 Å². The average Bonchev–Trinajstić information content (AvgIpc) is 2.92. The SMILES string of the molecule is CCC(NCc1cn2ccccc2n1)C1CCCCC1. The minimum Gasteiger partial charge on any atom is -0.308 e. The lowest BCUT2D eigenvalue weighted by Crippen LogP contribution is -2.36. The van der Waals surface area contributed by atoms with Gasteiger partial charge in [0.05, 0.1) is 5.69 Å². The topological polar surface area (TPSA) is 29.3 Å². The monoisotopic (exact) mass is 271 g/mol. The highest BCUT2D eigenvalue weighted by molar-refractivity contribution is 5.39. The number of hydrogen-bond acceptors (Lipinski definition) is 2. The molecule has 0 amide bonds. The van der Waals surface area contributed by atoms with E-state index < -0.39 is 0 Å². The number of fused-ring (bicyclic) bond motifs is 1. The summed E-state index contributed by atoms with van der Waals surface area (Å²) in [7, 11) is 0. The Morgan fingerprint density at radius 2 is 2.15 bits per heavy atom. The van der Waals surface area contributed by atoms with E-state index in [0.29, 0.717) is 6.04 Å². The van der Waals surface area contributed by atoms with Crippen molar-refractivity contribution in [2.24, 2.45) is 5.92 Å². The molecule has 1 saturated carbocycles. The summed E-state index contributed by atoms with van der Waals surface area (Å²) < 4.78 is 2.10. The fourth-order valence-electron chi connectivity index (χ4n) is 3.49. The Kier molecular flexibility index (Phi) is 4.36. The highest BCUT2D eigenvalue weighted by Gasteiger charge is 2.21. The summed E-state index contributed by atoms with van der Waals surface area (Å²) in [4.78, 5) is 4.66. The van der Waals surface area contributed by atoms with Crippen LogP contribution in [0.25, 0.3) is 5.65 Å². The molecule has 1 fully saturated rings. The molecule has 0 saturated heterocycles. The van der Waals surface area contributed by atoms with E-state index in [9.17, 15) is 0 Å². The molecule has 0 bridgehead atoms. The molecule has 0 aromatic carbocycles. The molecule has 2 heterocycles. The zero-order valence-corrected chi connectivity index (χ0v) is 12.4. The van der Waals surface area contributed by atoms with Crippen molar-refractivity contribution >= 4 is 5.65 Å². The molecule has 1 unspecified atom stereocenters. The van der Waals surface area contributed by atoms with E-state index in [1.165, 1.54) is 38.5 Å². The van der Waals surface area contributed by atoms with Crippen LogP contribution in [0.5, 0.6) is 0 Å². The molecule has 0 aliphatic heterocycles. The first-order valence-electron chi connectivity index (χ1n) is 8.03. The van der Waals surface area contributed by atoms with E-state index in [1.54, 1.807) is 0 Å². The van der Waals surface area contributed by atoms with Gasteiger partial charge in [-0.2, -0.15) is 0 Å². The third-order valence-corrected chi connectivity index (χ3v) is 4.62. The summed E-state index contributed by atoms with van der Waals surface area (Å²) in [6.07, 6.45) is 12.5. The average molecular weight is 271 g/mol. The lowest BCUT2D eigenvalue weighted by molar-refractivity contribution is 0.261. The van der Waals surface area contributed by atoms with Gasteiger partial charge in [0.25, 0.3) is 0 Å². The Morgan fingerprint density at radius 1 is 1.30 bits per heavy atom. The summed E-state index contributed by atoms with van der Waals surface area (Å²) >= 11 is 0. The van der Waals surface area contributed by atoms with Crippen molar-refractivity contribution in [2.75, 3.05) is 0 Å². The predicted molar refractivity (Wildman–Crippen MR) is 82.7 cm³/mol. The molecule has 3 heteroatoms. The molecule has 1 aliphatic rings. The van der Waals surface area contributed by atoms with Gasteiger partial charge in [-0.1, -0.05) is 32.3 Å². The largest absolute Gasteiger partial charge is 0.308 e. The second kappa shape index (κ2) is 6.40. The van der Waals surface area contributed by atoms with Crippen LogP contribution < -0.4 is 5.32 Å². The van der Waals surface area contributed by atoms with Gasteiger partial charge >= 0.3 is 0 Å². The Balaban J connectivity index is 1.61. The van der Waals surface area contributed by atoms with Crippen LogP contribution in [0.15, 0.2) is 30.6 Å². The highest BCUT2D eigenvalue weighted by atomic mass is 15.0. The summed E-state index contributed by atoms with van der Waals surface area (Å²) in [5, 5.41) is 3.74. The molecule has 20 heavy (non-hydrogen) atoms. The maximum Gasteiger partial charge on any atom is 0.137 e. The molecular formula is C17H25N3. The second-order valence-corrected chi connectivity index (χ2v) is 5.99. The van der Waals surface area contributed by atoms with Gasteiger partial charge in [-0.15, -0.1) is 0 Å². The highest BCUT2D eigenvalue weighted by Crippen LogP contribution is 2.27. The number of aromatic nitrogens is 2. The number of nitrogens with one attached hydrogen (secondary N) is 1. The third kappa shape index (κ3) is 3.04. The normalized spacial score (nSPS) is 18.4. The molecule has 1 aliphatic carbocycles. The maximum atomic E-state index is 4.66. The number of pyridine rings is 1. The molecule has 0 spiro atoms. The first kappa shape index (κ1) is 13.6. The number of nitrogens with zero attached hydrogens (tertiary/aromatic N) is 2. The summed E-state index contributed by atoms with van der Waals surface area (Å²) in [5.41, 5.74) is 2.18. The van der Waals surface area contributed by atoms with E-state index in [1.807, 2.05) is 12.1 Å². The number of rotatable bonds is 5. The van der Waals surface area contributed by atoms with Gasteiger partial charge in [0.2, 0.25) is 0 Å². The van der Waals surface area contributed by atoms with Crippen molar-refractivity contribution in [1.29, 1.82) is 0 Å². The predicted octanol–water partition coefficient (Wildman–Crippen LogP) is 3.78. The van der Waals surface area contributed by atoms with Gasteiger partial charge in [0.15, 0.2) is 0 Å². The minimum atomic E-state index is 0.653. The van der Waals surface area contributed by atoms with E-state index in [4.69, 9.17) is 0 Å². The first-order valence-corrected chi connectivity index (χ1v) is 8.03. The molecule has 3 nitrogen and oxygen atoms in total. The maximum absolute atomic E-state index is 4.66. The van der Waals surface area contributed by atoms with Gasteiger partial charge in [-0.25, -0.2) is 4.98 Å². The van der Waals surface area contributed by atoms with Crippen LogP contribution in [0.3, 0.4) is 0 Å². The quantitative estimate of drug-likeness (QED) is 0.896. The summed E-state index contributed by atoms with van der Waals surface area (Å²) in [5.74, 6) is 0.866. The Morgan fingerprint density at radius 3 is 2.90 bits per heavy atom. The Labute approximate surface area is 121 Å².